The number of carbonyl (C=O) groups is 1. The summed E-state index contributed by atoms with van der Waals surface area (Å²) < 4.78 is 13.2. The summed E-state index contributed by atoms with van der Waals surface area (Å²) in [6, 6.07) is 4.59. The zero-order chi connectivity index (χ0) is 14.1. The van der Waals surface area contributed by atoms with Crippen LogP contribution in [0.3, 0.4) is 0 Å². The van der Waals surface area contributed by atoms with Crippen molar-refractivity contribution in [2.75, 3.05) is 5.32 Å². The highest BCUT2D eigenvalue weighted by Crippen LogP contribution is 2.34. The molecule has 1 aromatic carbocycles. The lowest BCUT2D eigenvalue weighted by Crippen LogP contribution is -2.42. The summed E-state index contributed by atoms with van der Waals surface area (Å²) in [5.41, 5.74) is 1.48. The fraction of sp³-hybridized carbons (Fsp3) is 0.562. The molecule has 3 atom stereocenters. The molecule has 0 bridgehead atoms. The van der Waals surface area contributed by atoms with E-state index in [1.54, 1.807) is 6.07 Å². The number of carbonyl (C=O) groups excluding carboxylic acids is 1. The van der Waals surface area contributed by atoms with E-state index in [-0.39, 0.29) is 17.8 Å². The monoisotopic (exact) mass is 276 g/mol. The van der Waals surface area contributed by atoms with Crippen molar-refractivity contribution >= 4 is 11.6 Å². The Morgan fingerprint density at radius 2 is 2.15 bits per heavy atom. The molecule has 2 aliphatic rings. The lowest BCUT2D eigenvalue weighted by molar-refractivity contribution is -0.118. The molecule has 1 aliphatic carbocycles. The first kappa shape index (κ1) is 13.6. The fourth-order valence-electron chi connectivity index (χ4n) is 3.53. The highest BCUT2D eigenvalue weighted by atomic mass is 19.1. The van der Waals surface area contributed by atoms with Crippen LogP contribution in [0.25, 0.3) is 0 Å². The van der Waals surface area contributed by atoms with Crippen LogP contribution >= 0.6 is 0 Å². The third-order valence-corrected chi connectivity index (χ3v) is 4.66. The van der Waals surface area contributed by atoms with E-state index in [0.29, 0.717) is 17.6 Å². The number of rotatable bonds is 3. The molecule has 0 spiro atoms. The van der Waals surface area contributed by atoms with E-state index in [1.807, 2.05) is 0 Å². The molecule has 3 rings (SSSR count). The Bertz CT molecular complexity index is 517. The van der Waals surface area contributed by atoms with Crippen LogP contribution in [-0.4, -0.2) is 11.9 Å². The van der Waals surface area contributed by atoms with Crippen molar-refractivity contribution < 1.29 is 9.18 Å². The third kappa shape index (κ3) is 2.44. The van der Waals surface area contributed by atoms with Crippen molar-refractivity contribution in [3.8, 4) is 0 Å². The van der Waals surface area contributed by atoms with Gasteiger partial charge >= 0.3 is 0 Å². The molecule has 1 fully saturated rings. The molecule has 1 heterocycles. The van der Waals surface area contributed by atoms with Crippen molar-refractivity contribution in [3.05, 3.63) is 29.6 Å². The van der Waals surface area contributed by atoms with Gasteiger partial charge in [-0.05, 0) is 30.9 Å². The molecular formula is C16H21FN2O. The Morgan fingerprint density at radius 1 is 1.35 bits per heavy atom. The summed E-state index contributed by atoms with van der Waals surface area (Å²) in [7, 11) is 0. The van der Waals surface area contributed by atoms with E-state index in [1.165, 1.54) is 31.4 Å². The molecule has 0 aromatic heterocycles. The predicted octanol–water partition coefficient (Wildman–Crippen LogP) is 3.38. The maximum absolute atomic E-state index is 13.2. The molecule has 3 nitrogen and oxygen atoms in total. The minimum Gasteiger partial charge on any atom is -0.324 e. The van der Waals surface area contributed by atoms with E-state index in [4.69, 9.17) is 0 Å². The molecule has 1 saturated carbocycles. The number of halogens is 1. The summed E-state index contributed by atoms with van der Waals surface area (Å²) in [4.78, 5) is 12.1. The van der Waals surface area contributed by atoms with Gasteiger partial charge in [0, 0.05) is 17.3 Å². The molecule has 0 radical (unpaired) electrons. The lowest BCUT2D eigenvalue weighted by Gasteiger charge is -2.33. The Kier molecular flexibility index (Phi) is 3.74. The van der Waals surface area contributed by atoms with Crippen LogP contribution in [0.4, 0.5) is 10.1 Å². The highest BCUT2D eigenvalue weighted by molar-refractivity contribution is 6.02. The molecule has 1 aromatic rings. The smallest absolute Gasteiger partial charge is 0.246 e. The maximum Gasteiger partial charge on any atom is 0.246 e. The van der Waals surface area contributed by atoms with Crippen molar-refractivity contribution in [2.45, 2.75) is 51.1 Å². The molecule has 2 N–H and O–H groups in total. The number of anilines is 1. The zero-order valence-electron chi connectivity index (χ0n) is 11.8. The van der Waals surface area contributed by atoms with Gasteiger partial charge in [-0.2, -0.15) is 0 Å². The van der Waals surface area contributed by atoms with E-state index in [0.717, 1.165) is 18.4 Å². The summed E-state index contributed by atoms with van der Waals surface area (Å²) >= 11 is 0. The van der Waals surface area contributed by atoms with E-state index in [9.17, 15) is 9.18 Å². The van der Waals surface area contributed by atoms with Gasteiger partial charge in [-0.25, -0.2) is 4.39 Å². The number of hydrogen-bond acceptors (Lipinski definition) is 2. The predicted molar refractivity (Wildman–Crippen MR) is 76.9 cm³/mol. The van der Waals surface area contributed by atoms with Gasteiger partial charge in [0.2, 0.25) is 5.91 Å². The molecule has 4 heteroatoms. The van der Waals surface area contributed by atoms with Gasteiger partial charge in [0.25, 0.3) is 0 Å². The highest BCUT2D eigenvalue weighted by Gasteiger charge is 2.34. The molecular weight excluding hydrogens is 255 g/mol. The van der Waals surface area contributed by atoms with Crippen molar-refractivity contribution in [3.63, 3.8) is 0 Å². The topological polar surface area (TPSA) is 41.1 Å². The van der Waals surface area contributed by atoms with Crippen molar-refractivity contribution in [1.29, 1.82) is 0 Å². The maximum atomic E-state index is 13.2. The van der Waals surface area contributed by atoms with E-state index in [2.05, 4.69) is 17.6 Å². The van der Waals surface area contributed by atoms with Crippen molar-refractivity contribution in [1.82, 2.24) is 5.32 Å². The van der Waals surface area contributed by atoms with E-state index >= 15 is 0 Å². The second kappa shape index (κ2) is 5.52. The van der Waals surface area contributed by atoms with Crippen LogP contribution in [-0.2, 0) is 4.79 Å². The molecule has 20 heavy (non-hydrogen) atoms. The summed E-state index contributed by atoms with van der Waals surface area (Å²) in [6.07, 6.45) is 6.01. The first-order valence-corrected chi connectivity index (χ1v) is 7.55. The number of nitrogens with one attached hydrogen (secondary N) is 2. The van der Waals surface area contributed by atoms with Crippen molar-refractivity contribution in [2.24, 2.45) is 5.92 Å². The van der Waals surface area contributed by atoms with Gasteiger partial charge in [-0.15, -0.1) is 0 Å². The quantitative estimate of drug-likeness (QED) is 0.888. The first-order chi connectivity index (χ1) is 9.69. The van der Waals surface area contributed by atoms with Gasteiger partial charge in [0.15, 0.2) is 0 Å². The Labute approximate surface area is 118 Å². The van der Waals surface area contributed by atoms with Gasteiger partial charge < -0.3 is 5.32 Å². The second-order valence-corrected chi connectivity index (χ2v) is 5.88. The third-order valence-electron chi connectivity index (χ3n) is 4.66. The number of hydrogen-bond donors (Lipinski definition) is 2. The van der Waals surface area contributed by atoms with Gasteiger partial charge in [0.1, 0.15) is 11.9 Å². The number of fused-ring (bicyclic) bond motifs is 1. The summed E-state index contributed by atoms with van der Waals surface area (Å²) in [6.45, 7) is 2.21. The van der Waals surface area contributed by atoms with Gasteiger partial charge in [-0.1, -0.05) is 32.3 Å². The lowest BCUT2D eigenvalue weighted by atomic mass is 9.82. The minimum absolute atomic E-state index is 0.0639. The largest absolute Gasteiger partial charge is 0.324 e. The number of benzene rings is 1. The normalized spacial score (nSPS) is 29.1. The average molecular weight is 276 g/mol. The van der Waals surface area contributed by atoms with Gasteiger partial charge in [-0.3, -0.25) is 10.1 Å². The first-order valence-electron chi connectivity index (χ1n) is 7.55. The molecule has 1 amide bonds. The van der Waals surface area contributed by atoms with Gasteiger partial charge in [0.05, 0.1) is 0 Å². The van der Waals surface area contributed by atoms with Crippen LogP contribution < -0.4 is 10.6 Å². The van der Waals surface area contributed by atoms with Crippen LogP contribution in [0, 0.1) is 11.7 Å². The second-order valence-electron chi connectivity index (χ2n) is 5.88. The van der Waals surface area contributed by atoms with Crippen LogP contribution in [0.5, 0.6) is 0 Å². The SMILES string of the molecule is CCC1CCCCC1NC1C(=O)Nc2cc(F)ccc21. The number of amides is 1. The Morgan fingerprint density at radius 3 is 2.95 bits per heavy atom. The molecule has 108 valence electrons. The molecule has 0 saturated heterocycles. The molecule has 3 unspecified atom stereocenters. The van der Waals surface area contributed by atoms with E-state index < -0.39 is 0 Å². The summed E-state index contributed by atoms with van der Waals surface area (Å²) in [5.74, 6) is 0.265. The average Bonchev–Trinajstić information content (AvgIpc) is 2.75. The Hall–Kier alpha value is -1.42. The van der Waals surface area contributed by atoms with Crippen LogP contribution in [0.1, 0.15) is 50.6 Å². The fourth-order valence-corrected chi connectivity index (χ4v) is 3.53. The molecule has 1 aliphatic heterocycles. The minimum atomic E-state index is -0.331. The standard InChI is InChI=1S/C16H21FN2O/c1-2-10-5-3-4-6-13(10)18-15-12-8-7-11(17)9-14(12)19-16(15)20/h7-10,13,15,18H,2-6H2,1H3,(H,19,20). The van der Waals surface area contributed by atoms with Crippen LogP contribution in [0.2, 0.25) is 0 Å². The summed E-state index contributed by atoms with van der Waals surface area (Å²) in [5, 5.41) is 6.28. The zero-order valence-corrected chi connectivity index (χ0v) is 11.8. The van der Waals surface area contributed by atoms with Crippen LogP contribution in [0.15, 0.2) is 18.2 Å². The Balaban J connectivity index is 1.79.